The fraction of sp³-hybridized carbons (Fsp3) is 0.192. The second-order valence-corrected chi connectivity index (χ2v) is 8.30. The number of rotatable bonds is 3. The molecule has 2 heterocycles. The number of hydrogen-bond acceptors (Lipinski definition) is 3. The maximum atomic E-state index is 13.7. The molecule has 1 N–H and O–H groups in total. The van der Waals surface area contributed by atoms with Gasteiger partial charge in [-0.15, -0.1) is 0 Å². The Balaban J connectivity index is 1.66. The van der Waals surface area contributed by atoms with Crippen LogP contribution in [0.4, 0.5) is 5.82 Å². The SMILES string of the molecule is Cc1cc(C)cc(-n2nc(C)c3c2NC(=O)C[C@H]3C(=O)c2cccc3ccccc23)c1. The van der Waals surface area contributed by atoms with Crippen LogP contribution >= 0.6 is 0 Å². The lowest BCUT2D eigenvalue weighted by atomic mass is 9.84. The van der Waals surface area contributed by atoms with Gasteiger partial charge in [0.05, 0.1) is 17.3 Å². The molecule has 5 rings (SSSR count). The van der Waals surface area contributed by atoms with Crippen molar-refractivity contribution < 1.29 is 9.59 Å². The summed E-state index contributed by atoms with van der Waals surface area (Å²) in [6, 6.07) is 19.7. The van der Waals surface area contributed by atoms with E-state index in [0.717, 1.165) is 38.8 Å². The first-order chi connectivity index (χ1) is 14.9. The third-order valence-corrected chi connectivity index (χ3v) is 5.93. The van der Waals surface area contributed by atoms with E-state index in [0.29, 0.717) is 11.4 Å². The number of anilines is 1. The number of hydrogen-bond donors (Lipinski definition) is 1. The largest absolute Gasteiger partial charge is 0.310 e. The first-order valence-corrected chi connectivity index (χ1v) is 10.4. The number of carbonyl (C=O) groups is 2. The quantitative estimate of drug-likeness (QED) is 0.470. The molecule has 1 aliphatic rings. The molecule has 31 heavy (non-hydrogen) atoms. The number of nitrogens with one attached hydrogen (secondary N) is 1. The summed E-state index contributed by atoms with van der Waals surface area (Å²) in [4.78, 5) is 26.4. The molecule has 154 valence electrons. The number of aromatic nitrogens is 2. The monoisotopic (exact) mass is 409 g/mol. The van der Waals surface area contributed by atoms with Gasteiger partial charge in [-0.3, -0.25) is 9.59 Å². The summed E-state index contributed by atoms with van der Waals surface area (Å²) in [5.74, 6) is -0.181. The summed E-state index contributed by atoms with van der Waals surface area (Å²) in [5, 5.41) is 9.60. The number of Topliss-reactive ketones (excluding diaryl/α,β-unsaturated/α-hetero) is 1. The highest BCUT2D eigenvalue weighted by atomic mass is 16.2. The molecule has 0 fully saturated rings. The van der Waals surface area contributed by atoms with Crippen molar-refractivity contribution in [3.8, 4) is 5.69 Å². The Morgan fingerprint density at radius 1 is 1.00 bits per heavy atom. The topological polar surface area (TPSA) is 64.0 Å². The van der Waals surface area contributed by atoms with Gasteiger partial charge in [-0.1, -0.05) is 48.5 Å². The van der Waals surface area contributed by atoms with Crippen LogP contribution in [0.25, 0.3) is 16.5 Å². The van der Waals surface area contributed by atoms with Gasteiger partial charge >= 0.3 is 0 Å². The van der Waals surface area contributed by atoms with E-state index in [9.17, 15) is 9.59 Å². The zero-order valence-corrected chi connectivity index (χ0v) is 17.8. The Morgan fingerprint density at radius 3 is 2.48 bits per heavy atom. The number of nitrogens with zero attached hydrogens (tertiary/aromatic N) is 2. The van der Waals surface area contributed by atoms with E-state index in [4.69, 9.17) is 5.10 Å². The lowest BCUT2D eigenvalue weighted by Gasteiger charge is -2.23. The van der Waals surface area contributed by atoms with Gasteiger partial charge in [0.1, 0.15) is 5.82 Å². The van der Waals surface area contributed by atoms with E-state index < -0.39 is 5.92 Å². The number of ketones is 1. The lowest BCUT2D eigenvalue weighted by molar-refractivity contribution is -0.116. The minimum atomic E-state index is -0.561. The van der Waals surface area contributed by atoms with Crippen LogP contribution in [0.3, 0.4) is 0 Å². The van der Waals surface area contributed by atoms with E-state index in [2.05, 4.69) is 11.4 Å². The second-order valence-electron chi connectivity index (χ2n) is 8.30. The summed E-state index contributed by atoms with van der Waals surface area (Å²) in [6.07, 6.45) is 0.119. The zero-order valence-electron chi connectivity index (χ0n) is 17.8. The molecule has 0 radical (unpaired) electrons. The molecule has 0 spiro atoms. The molecule has 5 nitrogen and oxygen atoms in total. The van der Waals surface area contributed by atoms with E-state index in [1.165, 1.54) is 0 Å². The molecule has 0 saturated heterocycles. The van der Waals surface area contributed by atoms with E-state index in [1.807, 2.05) is 75.4 Å². The molecule has 4 aromatic rings. The van der Waals surface area contributed by atoms with Gasteiger partial charge in [-0.25, -0.2) is 4.68 Å². The smallest absolute Gasteiger partial charge is 0.226 e. The predicted octanol–water partition coefficient (Wildman–Crippen LogP) is 5.26. The zero-order chi connectivity index (χ0) is 21.7. The normalized spacial score (nSPS) is 15.6. The maximum absolute atomic E-state index is 13.7. The van der Waals surface area contributed by atoms with Crippen LogP contribution in [0.15, 0.2) is 60.7 Å². The summed E-state index contributed by atoms with van der Waals surface area (Å²) in [6.45, 7) is 5.97. The Kier molecular flexibility index (Phi) is 4.47. The summed E-state index contributed by atoms with van der Waals surface area (Å²) in [5.41, 5.74) is 5.30. The molecular weight excluding hydrogens is 386 g/mol. The van der Waals surface area contributed by atoms with Crippen LogP contribution < -0.4 is 5.32 Å². The summed E-state index contributed by atoms with van der Waals surface area (Å²) < 4.78 is 1.76. The highest BCUT2D eigenvalue weighted by Gasteiger charge is 2.36. The molecule has 1 aliphatic heterocycles. The minimum Gasteiger partial charge on any atom is -0.310 e. The fourth-order valence-corrected chi connectivity index (χ4v) is 4.66. The third-order valence-electron chi connectivity index (χ3n) is 5.93. The van der Waals surface area contributed by atoms with Crippen molar-refractivity contribution in [1.82, 2.24) is 9.78 Å². The van der Waals surface area contributed by atoms with Gasteiger partial charge in [0.25, 0.3) is 0 Å². The van der Waals surface area contributed by atoms with Gasteiger partial charge in [-0.05, 0) is 54.8 Å². The lowest BCUT2D eigenvalue weighted by Crippen LogP contribution is -2.28. The van der Waals surface area contributed by atoms with Crippen LogP contribution in [0.2, 0.25) is 0 Å². The van der Waals surface area contributed by atoms with E-state index in [-0.39, 0.29) is 18.1 Å². The average molecular weight is 409 g/mol. The molecule has 3 aromatic carbocycles. The van der Waals surface area contributed by atoms with Crippen LogP contribution in [-0.2, 0) is 4.79 Å². The fourth-order valence-electron chi connectivity index (χ4n) is 4.66. The standard InChI is InChI=1S/C26H23N3O2/c1-15-11-16(2)13-19(12-15)29-26-24(17(3)28-29)22(14-23(30)27-26)25(31)21-10-6-8-18-7-4-5-9-20(18)21/h4-13,22H,14H2,1-3H3,(H,27,30)/t22-/m1/s1. The highest BCUT2D eigenvalue weighted by Crippen LogP contribution is 2.39. The van der Waals surface area contributed by atoms with Gasteiger partial charge in [-0.2, -0.15) is 5.10 Å². The van der Waals surface area contributed by atoms with Crippen molar-refractivity contribution in [2.75, 3.05) is 5.32 Å². The Labute approximate surface area is 180 Å². The number of amides is 1. The molecule has 0 saturated carbocycles. The molecular formula is C26H23N3O2. The van der Waals surface area contributed by atoms with Crippen molar-refractivity contribution in [1.29, 1.82) is 0 Å². The highest BCUT2D eigenvalue weighted by molar-refractivity contribution is 6.14. The molecule has 0 unspecified atom stereocenters. The van der Waals surface area contributed by atoms with Gasteiger partial charge in [0, 0.05) is 17.5 Å². The van der Waals surface area contributed by atoms with Crippen molar-refractivity contribution >= 4 is 28.3 Å². The summed E-state index contributed by atoms with van der Waals surface area (Å²) in [7, 11) is 0. The Bertz CT molecular complexity index is 1340. The molecule has 1 aromatic heterocycles. The first-order valence-electron chi connectivity index (χ1n) is 10.4. The van der Waals surface area contributed by atoms with Crippen LogP contribution in [0, 0.1) is 20.8 Å². The van der Waals surface area contributed by atoms with Crippen molar-refractivity contribution in [2.45, 2.75) is 33.1 Å². The molecule has 1 amide bonds. The summed E-state index contributed by atoms with van der Waals surface area (Å²) >= 11 is 0. The predicted molar refractivity (Wildman–Crippen MR) is 122 cm³/mol. The first kappa shape index (κ1) is 19.2. The minimum absolute atomic E-state index is 0.0454. The number of fused-ring (bicyclic) bond motifs is 2. The van der Waals surface area contributed by atoms with E-state index in [1.54, 1.807) is 4.68 Å². The van der Waals surface area contributed by atoms with Gasteiger partial charge < -0.3 is 5.32 Å². The van der Waals surface area contributed by atoms with Crippen LogP contribution in [-0.4, -0.2) is 21.5 Å². The Hall–Kier alpha value is -3.73. The second kappa shape index (κ2) is 7.20. The van der Waals surface area contributed by atoms with E-state index >= 15 is 0 Å². The van der Waals surface area contributed by atoms with Gasteiger partial charge in [0.2, 0.25) is 5.91 Å². The van der Waals surface area contributed by atoms with Crippen molar-refractivity contribution in [3.05, 3.63) is 88.6 Å². The van der Waals surface area contributed by atoms with Crippen molar-refractivity contribution in [2.24, 2.45) is 0 Å². The molecule has 1 atom stereocenters. The molecule has 0 aliphatic carbocycles. The van der Waals surface area contributed by atoms with Gasteiger partial charge in [0.15, 0.2) is 5.78 Å². The third kappa shape index (κ3) is 3.22. The Morgan fingerprint density at radius 2 is 1.71 bits per heavy atom. The molecule has 0 bridgehead atoms. The van der Waals surface area contributed by atoms with Crippen molar-refractivity contribution in [3.63, 3.8) is 0 Å². The number of carbonyl (C=O) groups excluding carboxylic acids is 2. The number of aryl methyl sites for hydroxylation is 3. The maximum Gasteiger partial charge on any atom is 0.226 e. The van der Waals surface area contributed by atoms with Crippen LogP contribution in [0.5, 0.6) is 0 Å². The number of benzene rings is 3. The average Bonchev–Trinajstić information content (AvgIpc) is 3.08. The molecule has 5 heteroatoms. The van der Waals surface area contributed by atoms with Crippen LogP contribution in [0.1, 0.15) is 45.1 Å².